The summed E-state index contributed by atoms with van der Waals surface area (Å²) < 4.78 is 0. The fourth-order valence-electron chi connectivity index (χ4n) is 0.905. The summed E-state index contributed by atoms with van der Waals surface area (Å²) in [4.78, 5) is 12.2. The summed E-state index contributed by atoms with van der Waals surface area (Å²) in [6.07, 6.45) is 5.20. The molecule has 0 aromatic carbocycles. The van der Waals surface area contributed by atoms with Crippen LogP contribution in [0.5, 0.6) is 0 Å². The third-order valence-electron chi connectivity index (χ3n) is 1.99. The largest absolute Gasteiger partial charge is 0.332 e. The second-order valence-electron chi connectivity index (χ2n) is 2.90. The van der Waals surface area contributed by atoms with Crippen LogP contribution in [-0.4, -0.2) is 23.9 Å². The van der Waals surface area contributed by atoms with Crippen molar-refractivity contribution in [2.75, 3.05) is 6.54 Å². The third-order valence-corrected chi connectivity index (χ3v) is 1.99. The Morgan fingerprint density at radius 3 is 2.45 bits per heavy atom. The van der Waals surface area contributed by atoms with Crippen LogP contribution >= 0.6 is 0 Å². The standard InChI is InChI=1S/C9H18NO/c1-4-6-7-10(8-11)9(3)5-2/h9H,4-7H2,1-3H3. The highest BCUT2D eigenvalue weighted by molar-refractivity contribution is 5.48. The molecule has 2 nitrogen and oxygen atoms in total. The van der Waals surface area contributed by atoms with Gasteiger partial charge in [-0.2, -0.15) is 0 Å². The van der Waals surface area contributed by atoms with Gasteiger partial charge in [0.05, 0.1) is 0 Å². The van der Waals surface area contributed by atoms with E-state index < -0.39 is 0 Å². The first-order valence-corrected chi connectivity index (χ1v) is 4.40. The van der Waals surface area contributed by atoms with E-state index in [0.717, 1.165) is 25.8 Å². The minimum absolute atomic E-state index is 0.346. The van der Waals surface area contributed by atoms with Crippen molar-refractivity contribution < 1.29 is 4.79 Å². The van der Waals surface area contributed by atoms with Gasteiger partial charge in [-0.15, -0.1) is 0 Å². The summed E-state index contributed by atoms with van der Waals surface area (Å²) >= 11 is 0. The van der Waals surface area contributed by atoms with Gasteiger partial charge in [-0.3, -0.25) is 4.79 Å². The Bertz CT molecular complexity index is 104. The molecule has 0 N–H and O–H groups in total. The normalized spacial score (nSPS) is 12.6. The summed E-state index contributed by atoms with van der Waals surface area (Å²) in [5.74, 6) is 0. The highest BCUT2D eigenvalue weighted by atomic mass is 16.1. The summed E-state index contributed by atoms with van der Waals surface area (Å²) in [5, 5.41) is 0. The van der Waals surface area contributed by atoms with Gasteiger partial charge in [0.2, 0.25) is 0 Å². The minimum atomic E-state index is 0.346. The van der Waals surface area contributed by atoms with Gasteiger partial charge < -0.3 is 4.90 Å². The van der Waals surface area contributed by atoms with Gasteiger partial charge in [0, 0.05) is 12.6 Å². The van der Waals surface area contributed by atoms with Crippen molar-refractivity contribution in [3.8, 4) is 0 Å². The van der Waals surface area contributed by atoms with Gasteiger partial charge in [0.1, 0.15) is 0 Å². The maximum atomic E-state index is 10.4. The maximum absolute atomic E-state index is 10.4. The molecule has 0 aliphatic carbocycles. The summed E-state index contributed by atoms with van der Waals surface area (Å²) in [5.41, 5.74) is 0. The van der Waals surface area contributed by atoms with Gasteiger partial charge in [0.25, 0.3) is 0 Å². The van der Waals surface area contributed by atoms with Crippen LogP contribution in [0.2, 0.25) is 0 Å². The first kappa shape index (κ1) is 10.5. The molecule has 0 saturated carbocycles. The first-order chi connectivity index (χ1) is 5.26. The molecular formula is C9H18NO. The third kappa shape index (κ3) is 4.02. The molecule has 1 amide bonds. The van der Waals surface area contributed by atoms with Crippen molar-refractivity contribution >= 4 is 6.41 Å². The highest BCUT2D eigenvalue weighted by Gasteiger charge is 2.08. The monoisotopic (exact) mass is 156 g/mol. The molecule has 1 radical (unpaired) electrons. The Labute approximate surface area is 69.6 Å². The van der Waals surface area contributed by atoms with E-state index in [0.29, 0.717) is 6.04 Å². The zero-order valence-electron chi connectivity index (χ0n) is 7.76. The Hall–Kier alpha value is -0.530. The molecule has 1 atom stereocenters. The van der Waals surface area contributed by atoms with Gasteiger partial charge in [-0.25, -0.2) is 0 Å². The zero-order valence-corrected chi connectivity index (χ0v) is 7.76. The lowest BCUT2D eigenvalue weighted by Gasteiger charge is -2.22. The van der Waals surface area contributed by atoms with Crippen LogP contribution in [0, 0.1) is 0 Å². The Kier molecular flexibility index (Phi) is 5.90. The fourth-order valence-corrected chi connectivity index (χ4v) is 0.905. The molecule has 0 rings (SSSR count). The Morgan fingerprint density at radius 2 is 2.09 bits per heavy atom. The van der Waals surface area contributed by atoms with E-state index in [9.17, 15) is 4.79 Å². The van der Waals surface area contributed by atoms with E-state index in [1.54, 1.807) is 4.90 Å². The first-order valence-electron chi connectivity index (χ1n) is 4.40. The van der Waals surface area contributed by atoms with Crippen molar-refractivity contribution in [1.82, 2.24) is 4.90 Å². The van der Waals surface area contributed by atoms with E-state index >= 15 is 0 Å². The molecule has 0 fully saturated rings. The molecule has 0 aliphatic heterocycles. The summed E-state index contributed by atoms with van der Waals surface area (Å²) in [6.45, 7) is 7.12. The molecule has 0 aliphatic rings. The number of carbonyl (C=O) groups excluding carboxylic acids is 1. The van der Waals surface area contributed by atoms with Crippen molar-refractivity contribution in [2.45, 2.75) is 46.1 Å². The second-order valence-corrected chi connectivity index (χ2v) is 2.90. The molecule has 0 aromatic heterocycles. The summed E-state index contributed by atoms with van der Waals surface area (Å²) in [6, 6.07) is 0.346. The number of amides is 1. The van der Waals surface area contributed by atoms with Gasteiger partial charge in [-0.1, -0.05) is 20.3 Å². The predicted molar refractivity (Wildman–Crippen MR) is 47.1 cm³/mol. The number of unbranched alkanes of at least 4 members (excludes halogenated alkanes) is 1. The fraction of sp³-hybridized carbons (Fsp3) is 0.889. The molecule has 0 saturated heterocycles. The molecule has 2 heteroatoms. The van der Waals surface area contributed by atoms with Crippen LogP contribution in [0.3, 0.4) is 0 Å². The predicted octanol–water partition coefficient (Wildman–Crippen LogP) is 1.95. The number of hydrogen-bond donors (Lipinski definition) is 0. The minimum Gasteiger partial charge on any atom is -0.332 e. The lowest BCUT2D eigenvalue weighted by atomic mass is 10.2. The smallest absolute Gasteiger partial charge is 0.312 e. The molecule has 1 unspecified atom stereocenters. The van der Waals surface area contributed by atoms with E-state index in [4.69, 9.17) is 0 Å². The molecule has 0 aromatic rings. The van der Waals surface area contributed by atoms with Crippen LogP contribution in [0.15, 0.2) is 0 Å². The number of rotatable bonds is 6. The van der Waals surface area contributed by atoms with Crippen LogP contribution in [-0.2, 0) is 4.79 Å². The zero-order chi connectivity index (χ0) is 8.69. The lowest BCUT2D eigenvalue weighted by Crippen LogP contribution is -2.31. The van der Waals surface area contributed by atoms with Crippen molar-refractivity contribution in [3.05, 3.63) is 0 Å². The van der Waals surface area contributed by atoms with Gasteiger partial charge in [-0.05, 0) is 19.8 Å². The second kappa shape index (κ2) is 6.20. The molecule has 0 heterocycles. The van der Waals surface area contributed by atoms with Crippen molar-refractivity contribution in [1.29, 1.82) is 0 Å². The Balaban J connectivity index is 3.65. The molecule has 65 valence electrons. The SMILES string of the molecule is CCCCN([C]=O)C(C)CC. The lowest BCUT2D eigenvalue weighted by molar-refractivity contribution is 0.298. The Morgan fingerprint density at radius 1 is 1.45 bits per heavy atom. The van der Waals surface area contributed by atoms with Gasteiger partial charge >= 0.3 is 6.41 Å². The van der Waals surface area contributed by atoms with E-state index in [-0.39, 0.29) is 0 Å². The van der Waals surface area contributed by atoms with Crippen LogP contribution in [0.1, 0.15) is 40.0 Å². The maximum Gasteiger partial charge on any atom is 0.312 e. The number of hydrogen-bond acceptors (Lipinski definition) is 1. The topological polar surface area (TPSA) is 20.3 Å². The molecule has 0 spiro atoms. The summed E-state index contributed by atoms with van der Waals surface area (Å²) in [7, 11) is 0. The molecule has 11 heavy (non-hydrogen) atoms. The van der Waals surface area contributed by atoms with Crippen molar-refractivity contribution in [2.24, 2.45) is 0 Å². The van der Waals surface area contributed by atoms with E-state index in [2.05, 4.69) is 20.8 Å². The van der Waals surface area contributed by atoms with Crippen LogP contribution in [0.25, 0.3) is 0 Å². The quantitative estimate of drug-likeness (QED) is 0.538. The average molecular weight is 156 g/mol. The van der Waals surface area contributed by atoms with E-state index in [1.807, 2.05) is 6.41 Å². The van der Waals surface area contributed by atoms with Crippen LogP contribution < -0.4 is 0 Å². The van der Waals surface area contributed by atoms with Crippen molar-refractivity contribution in [3.63, 3.8) is 0 Å². The average Bonchev–Trinajstić information content (AvgIpc) is 2.05. The number of nitrogens with zero attached hydrogens (tertiary/aromatic N) is 1. The molecule has 0 bridgehead atoms. The van der Waals surface area contributed by atoms with Gasteiger partial charge in [0.15, 0.2) is 0 Å². The van der Waals surface area contributed by atoms with E-state index in [1.165, 1.54) is 0 Å². The highest BCUT2D eigenvalue weighted by Crippen LogP contribution is 2.02. The molecular weight excluding hydrogens is 138 g/mol. The van der Waals surface area contributed by atoms with Crippen LogP contribution in [0.4, 0.5) is 0 Å².